The standard InChI is InChI=1S/C13H24N2OS/c1-6-7-14-11(13(3,4)16-5)8-12-15-10(2)9-17-12/h9,11,14H,6-8H2,1-5H3. The van der Waals surface area contributed by atoms with Crippen LogP contribution in [0.15, 0.2) is 5.38 Å². The lowest BCUT2D eigenvalue weighted by atomic mass is 9.95. The highest BCUT2D eigenvalue weighted by atomic mass is 32.1. The van der Waals surface area contributed by atoms with Crippen molar-refractivity contribution in [3.63, 3.8) is 0 Å². The number of aromatic nitrogens is 1. The third-order valence-corrected chi connectivity index (χ3v) is 4.04. The molecule has 3 nitrogen and oxygen atoms in total. The van der Waals surface area contributed by atoms with E-state index in [9.17, 15) is 0 Å². The van der Waals surface area contributed by atoms with Crippen LogP contribution in [0.3, 0.4) is 0 Å². The number of nitrogens with zero attached hydrogens (tertiary/aromatic N) is 1. The molecule has 0 aliphatic heterocycles. The third kappa shape index (κ3) is 4.37. The van der Waals surface area contributed by atoms with E-state index in [-0.39, 0.29) is 5.60 Å². The van der Waals surface area contributed by atoms with Crippen LogP contribution in [-0.2, 0) is 11.2 Å². The molecule has 1 unspecified atom stereocenters. The second-order valence-corrected chi connectivity index (χ2v) is 5.84. The Labute approximate surface area is 109 Å². The number of hydrogen-bond donors (Lipinski definition) is 1. The summed E-state index contributed by atoms with van der Waals surface area (Å²) in [6.07, 6.45) is 2.06. The van der Waals surface area contributed by atoms with Gasteiger partial charge >= 0.3 is 0 Å². The molecule has 1 heterocycles. The van der Waals surface area contributed by atoms with Gasteiger partial charge in [0.2, 0.25) is 0 Å². The molecule has 1 N–H and O–H groups in total. The van der Waals surface area contributed by atoms with Gasteiger partial charge in [0.15, 0.2) is 0 Å². The summed E-state index contributed by atoms with van der Waals surface area (Å²) in [4.78, 5) is 4.53. The summed E-state index contributed by atoms with van der Waals surface area (Å²) >= 11 is 1.73. The number of methoxy groups -OCH3 is 1. The second kappa shape index (κ2) is 6.47. The zero-order valence-electron chi connectivity index (χ0n) is 11.5. The first-order valence-electron chi connectivity index (χ1n) is 6.19. The van der Waals surface area contributed by atoms with E-state index >= 15 is 0 Å². The minimum absolute atomic E-state index is 0.172. The average Bonchev–Trinajstić information content (AvgIpc) is 2.70. The summed E-state index contributed by atoms with van der Waals surface area (Å²) in [7, 11) is 1.77. The van der Waals surface area contributed by atoms with Gasteiger partial charge in [-0.3, -0.25) is 0 Å². The number of hydrogen-bond acceptors (Lipinski definition) is 4. The van der Waals surface area contributed by atoms with Gasteiger partial charge in [-0.25, -0.2) is 4.98 Å². The van der Waals surface area contributed by atoms with Crippen molar-refractivity contribution in [1.82, 2.24) is 10.3 Å². The summed E-state index contributed by atoms with van der Waals surface area (Å²) in [5, 5.41) is 6.84. The molecule has 17 heavy (non-hydrogen) atoms. The molecule has 0 amide bonds. The fraction of sp³-hybridized carbons (Fsp3) is 0.769. The van der Waals surface area contributed by atoms with Crippen molar-refractivity contribution in [2.24, 2.45) is 0 Å². The van der Waals surface area contributed by atoms with Gasteiger partial charge in [-0.2, -0.15) is 0 Å². The molecular formula is C13H24N2OS. The molecule has 0 aromatic carbocycles. The van der Waals surface area contributed by atoms with Gasteiger partial charge in [-0.1, -0.05) is 6.92 Å². The number of ether oxygens (including phenoxy) is 1. The van der Waals surface area contributed by atoms with E-state index in [2.05, 4.69) is 36.5 Å². The van der Waals surface area contributed by atoms with Crippen LogP contribution in [0.5, 0.6) is 0 Å². The Morgan fingerprint density at radius 3 is 2.71 bits per heavy atom. The molecule has 1 rings (SSSR count). The molecule has 1 aromatic rings. The van der Waals surface area contributed by atoms with Gasteiger partial charge < -0.3 is 10.1 Å². The van der Waals surface area contributed by atoms with E-state index in [1.54, 1.807) is 18.4 Å². The van der Waals surface area contributed by atoms with Gasteiger partial charge in [0, 0.05) is 30.6 Å². The molecule has 0 fully saturated rings. The number of thiazole rings is 1. The second-order valence-electron chi connectivity index (χ2n) is 4.90. The molecule has 0 bridgehead atoms. The van der Waals surface area contributed by atoms with Crippen molar-refractivity contribution in [2.75, 3.05) is 13.7 Å². The van der Waals surface area contributed by atoms with Crippen LogP contribution in [-0.4, -0.2) is 30.3 Å². The van der Waals surface area contributed by atoms with Crippen LogP contribution in [0, 0.1) is 6.92 Å². The predicted octanol–water partition coefficient (Wildman–Crippen LogP) is 2.79. The van der Waals surface area contributed by atoms with Crippen molar-refractivity contribution in [3.8, 4) is 0 Å². The normalized spacial score (nSPS) is 13.9. The molecule has 4 heteroatoms. The van der Waals surface area contributed by atoms with Crippen molar-refractivity contribution in [1.29, 1.82) is 0 Å². The van der Waals surface area contributed by atoms with Crippen LogP contribution in [0.1, 0.15) is 37.9 Å². The quantitative estimate of drug-likeness (QED) is 0.814. The monoisotopic (exact) mass is 256 g/mol. The Morgan fingerprint density at radius 2 is 2.24 bits per heavy atom. The largest absolute Gasteiger partial charge is 0.377 e. The Balaban J connectivity index is 2.69. The summed E-state index contributed by atoms with van der Waals surface area (Å²) in [6, 6.07) is 0.304. The first-order valence-corrected chi connectivity index (χ1v) is 7.07. The lowest BCUT2D eigenvalue weighted by Crippen LogP contribution is -2.49. The van der Waals surface area contributed by atoms with Crippen molar-refractivity contribution in [3.05, 3.63) is 16.1 Å². The minimum atomic E-state index is -0.172. The maximum Gasteiger partial charge on any atom is 0.0944 e. The van der Waals surface area contributed by atoms with Crippen LogP contribution >= 0.6 is 11.3 Å². The van der Waals surface area contributed by atoms with E-state index in [1.807, 2.05) is 6.92 Å². The van der Waals surface area contributed by atoms with Gasteiger partial charge in [0.05, 0.1) is 10.6 Å². The lowest BCUT2D eigenvalue weighted by Gasteiger charge is -2.33. The molecular weight excluding hydrogens is 232 g/mol. The molecule has 1 aromatic heterocycles. The van der Waals surface area contributed by atoms with Gasteiger partial charge in [-0.15, -0.1) is 11.3 Å². The molecule has 98 valence electrons. The third-order valence-electron chi connectivity index (χ3n) is 3.05. The maximum absolute atomic E-state index is 5.59. The van der Waals surface area contributed by atoms with E-state index in [0.717, 1.165) is 25.1 Å². The minimum Gasteiger partial charge on any atom is -0.377 e. The molecule has 1 atom stereocenters. The summed E-state index contributed by atoms with van der Waals surface area (Å²) in [5.41, 5.74) is 0.934. The maximum atomic E-state index is 5.59. The zero-order valence-corrected chi connectivity index (χ0v) is 12.4. The average molecular weight is 256 g/mol. The van der Waals surface area contributed by atoms with Crippen molar-refractivity contribution >= 4 is 11.3 Å². The van der Waals surface area contributed by atoms with Crippen molar-refractivity contribution < 1.29 is 4.74 Å². The fourth-order valence-electron chi connectivity index (χ4n) is 1.70. The van der Waals surface area contributed by atoms with E-state index in [0.29, 0.717) is 6.04 Å². The molecule has 0 radical (unpaired) electrons. The first kappa shape index (κ1) is 14.6. The highest BCUT2D eigenvalue weighted by molar-refractivity contribution is 7.09. The Hall–Kier alpha value is -0.450. The molecule has 0 spiro atoms. The fourth-order valence-corrected chi connectivity index (χ4v) is 2.51. The SMILES string of the molecule is CCCNC(Cc1nc(C)cs1)C(C)(C)OC. The van der Waals surface area contributed by atoms with Crippen LogP contribution < -0.4 is 5.32 Å². The summed E-state index contributed by atoms with van der Waals surface area (Å²) < 4.78 is 5.59. The van der Waals surface area contributed by atoms with Gasteiger partial charge in [0.1, 0.15) is 0 Å². The van der Waals surface area contributed by atoms with E-state index < -0.39 is 0 Å². The Kier molecular flexibility index (Phi) is 5.56. The summed E-state index contributed by atoms with van der Waals surface area (Å²) in [6.45, 7) is 9.48. The van der Waals surface area contributed by atoms with E-state index in [1.165, 1.54) is 5.01 Å². The lowest BCUT2D eigenvalue weighted by molar-refractivity contribution is -0.00999. The first-order chi connectivity index (χ1) is 7.99. The number of aryl methyl sites for hydroxylation is 1. The van der Waals surface area contributed by atoms with Gasteiger partial charge in [-0.05, 0) is 33.7 Å². The zero-order chi connectivity index (χ0) is 12.9. The Morgan fingerprint density at radius 1 is 1.53 bits per heavy atom. The van der Waals surface area contributed by atoms with Gasteiger partial charge in [0.25, 0.3) is 0 Å². The van der Waals surface area contributed by atoms with Crippen LogP contribution in [0.2, 0.25) is 0 Å². The van der Waals surface area contributed by atoms with Crippen molar-refractivity contribution in [2.45, 2.75) is 52.2 Å². The summed E-state index contributed by atoms with van der Waals surface area (Å²) in [5.74, 6) is 0. The smallest absolute Gasteiger partial charge is 0.0944 e. The van der Waals surface area contributed by atoms with Crippen LogP contribution in [0.25, 0.3) is 0 Å². The highest BCUT2D eigenvalue weighted by Gasteiger charge is 2.29. The Bertz CT molecular complexity index is 336. The van der Waals surface area contributed by atoms with E-state index in [4.69, 9.17) is 4.74 Å². The molecule has 0 aliphatic rings. The number of nitrogens with one attached hydrogen (secondary N) is 1. The molecule has 0 aliphatic carbocycles. The van der Waals surface area contributed by atoms with Crippen LogP contribution in [0.4, 0.5) is 0 Å². The topological polar surface area (TPSA) is 34.2 Å². The molecule has 0 saturated heterocycles. The number of rotatable bonds is 7. The predicted molar refractivity (Wildman–Crippen MR) is 73.7 cm³/mol. The highest BCUT2D eigenvalue weighted by Crippen LogP contribution is 2.20. The molecule has 0 saturated carbocycles.